The summed E-state index contributed by atoms with van der Waals surface area (Å²) in [6.07, 6.45) is 0. The zero-order valence-electron chi connectivity index (χ0n) is 7.09. The van der Waals surface area contributed by atoms with E-state index < -0.39 is 18.3 Å². The first kappa shape index (κ1) is 10.4. The van der Waals surface area contributed by atoms with Crippen LogP contribution in [-0.2, 0) is 4.79 Å². The van der Waals surface area contributed by atoms with Crippen molar-refractivity contribution < 1.29 is 14.3 Å². The quantitative estimate of drug-likeness (QED) is 0.633. The molecule has 0 aliphatic rings. The van der Waals surface area contributed by atoms with Gasteiger partial charge in [-0.15, -0.1) is 0 Å². The third kappa shape index (κ3) is 3.93. The van der Waals surface area contributed by atoms with E-state index in [1.54, 1.807) is 20.8 Å². The monoisotopic (exact) mass is 163 g/mol. The smallest absolute Gasteiger partial charge is 0.317 e. The van der Waals surface area contributed by atoms with E-state index in [9.17, 15) is 9.18 Å². The second-order valence-electron chi connectivity index (χ2n) is 3.38. The van der Waals surface area contributed by atoms with Crippen LogP contribution in [0.25, 0.3) is 0 Å². The van der Waals surface area contributed by atoms with Crippen LogP contribution in [0.1, 0.15) is 20.8 Å². The third-order valence-corrected chi connectivity index (χ3v) is 1.42. The first-order valence-electron chi connectivity index (χ1n) is 3.40. The summed E-state index contributed by atoms with van der Waals surface area (Å²) in [7, 11) is 0. The summed E-state index contributed by atoms with van der Waals surface area (Å²) in [5.74, 6) is -1.00. The number of aliphatic carboxylic acids is 1. The van der Waals surface area contributed by atoms with Crippen LogP contribution in [0.4, 0.5) is 4.39 Å². The van der Waals surface area contributed by atoms with E-state index in [1.165, 1.54) is 4.90 Å². The second kappa shape index (κ2) is 3.67. The zero-order valence-corrected chi connectivity index (χ0v) is 7.09. The number of halogens is 1. The number of nitrogens with zero attached hydrogens (tertiary/aromatic N) is 1. The van der Waals surface area contributed by atoms with E-state index in [1.807, 2.05) is 0 Å². The molecular weight excluding hydrogens is 149 g/mol. The molecule has 3 nitrogen and oxygen atoms in total. The Balaban J connectivity index is 4.07. The van der Waals surface area contributed by atoms with Gasteiger partial charge in [-0.05, 0) is 20.8 Å². The molecule has 0 fully saturated rings. The number of carboxylic acid groups (broad SMARTS) is 1. The number of carbonyl (C=O) groups is 1. The van der Waals surface area contributed by atoms with Gasteiger partial charge in [0.15, 0.2) is 0 Å². The molecule has 0 aliphatic carbocycles. The molecule has 4 heteroatoms. The van der Waals surface area contributed by atoms with E-state index in [4.69, 9.17) is 5.11 Å². The highest BCUT2D eigenvalue weighted by molar-refractivity contribution is 5.69. The van der Waals surface area contributed by atoms with Gasteiger partial charge in [-0.2, -0.15) is 0 Å². The number of carboxylic acids is 1. The fraction of sp³-hybridized carbons (Fsp3) is 0.857. The first-order valence-corrected chi connectivity index (χ1v) is 3.40. The van der Waals surface area contributed by atoms with Crippen molar-refractivity contribution in [3.05, 3.63) is 0 Å². The Morgan fingerprint density at radius 3 is 2.09 bits per heavy atom. The molecule has 0 aliphatic heterocycles. The summed E-state index contributed by atoms with van der Waals surface area (Å²) in [5, 5.41) is 8.37. The van der Waals surface area contributed by atoms with Crippen LogP contribution in [0.2, 0.25) is 0 Å². The van der Waals surface area contributed by atoms with Gasteiger partial charge >= 0.3 is 5.97 Å². The van der Waals surface area contributed by atoms with Crippen LogP contribution >= 0.6 is 0 Å². The zero-order chi connectivity index (χ0) is 9.07. The van der Waals surface area contributed by atoms with Crippen molar-refractivity contribution in [1.82, 2.24) is 4.90 Å². The van der Waals surface area contributed by atoms with Crippen LogP contribution in [0.3, 0.4) is 0 Å². The molecule has 0 amide bonds. The lowest BCUT2D eigenvalue weighted by Gasteiger charge is -2.31. The number of hydrogen-bond donors (Lipinski definition) is 1. The van der Waals surface area contributed by atoms with Gasteiger partial charge in [0.1, 0.15) is 6.80 Å². The molecule has 66 valence electrons. The van der Waals surface area contributed by atoms with Gasteiger partial charge in [0.05, 0.1) is 6.54 Å². The predicted molar refractivity (Wildman–Crippen MR) is 40.1 cm³/mol. The van der Waals surface area contributed by atoms with Crippen molar-refractivity contribution in [2.75, 3.05) is 13.3 Å². The van der Waals surface area contributed by atoms with Crippen molar-refractivity contribution in [3.63, 3.8) is 0 Å². The second-order valence-corrected chi connectivity index (χ2v) is 3.38. The van der Waals surface area contributed by atoms with Gasteiger partial charge in [-0.1, -0.05) is 0 Å². The Morgan fingerprint density at radius 2 is 2.00 bits per heavy atom. The average Bonchev–Trinajstić information content (AvgIpc) is 1.79. The highest BCUT2D eigenvalue weighted by Crippen LogP contribution is 2.11. The summed E-state index contributed by atoms with van der Waals surface area (Å²) in [6, 6.07) is 0. The molecule has 0 aromatic rings. The summed E-state index contributed by atoms with van der Waals surface area (Å²) < 4.78 is 12.2. The van der Waals surface area contributed by atoms with Crippen LogP contribution in [-0.4, -0.2) is 34.9 Å². The van der Waals surface area contributed by atoms with Crippen molar-refractivity contribution in [3.8, 4) is 0 Å². The minimum atomic E-state index is -1.00. The van der Waals surface area contributed by atoms with E-state index in [2.05, 4.69) is 0 Å². The topological polar surface area (TPSA) is 40.5 Å². The highest BCUT2D eigenvalue weighted by atomic mass is 19.1. The molecule has 0 bridgehead atoms. The van der Waals surface area contributed by atoms with Crippen LogP contribution < -0.4 is 0 Å². The van der Waals surface area contributed by atoms with Gasteiger partial charge in [0, 0.05) is 5.54 Å². The van der Waals surface area contributed by atoms with E-state index in [-0.39, 0.29) is 6.54 Å². The van der Waals surface area contributed by atoms with Crippen molar-refractivity contribution in [2.45, 2.75) is 26.3 Å². The predicted octanol–water partition coefficient (Wildman–Crippen LogP) is 1.10. The molecule has 0 atom stereocenters. The van der Waals surface area contributed by atoms with Crippen LogP contribution in [0.15, 0.2) is 0 Å². The number of alkyl halides is 1. The minimum Gasteiger partial charge on any atom is -0.480 e. The Labute approximate surface area is 65.8 Å². The first-order chi connectivity index (χ1) is 4.88. The van der Waals surface area contributed by atoms with Gasteiger partial charge in [0.25, 0.3) is 0 Å². The highest BCUT2D eigenvalue weighted by Gasteiger charge is 2.22. The van der Waals surface area contributed by atoms with E-state index in [0.29, 0.717) is 0 Å². The number of rotatable bonds is 3. The summed E-state index contributed by atoms with van der Waals surface area (Å²) in [6.45, 7) is 4.34. The number of hydrogen-bond acceptors (Lipinski definition) is 2. The molecule has 0 saturated heterocycles. The fourth-order valence-electron chi connectivity index (χ4n) is 0.622. The molecule has 0 radical (unpaired) electrons. The Kier molecular flexibility index (Phi) is 3.45. The Hall–Kier alpha value is -0.640. The Morgan fingerprint density at radius 1 is 1.55 bits per heavy atom. The van der Waals surface area contributed by atoms with Crippen molar-refractivity contribution in [2.24, 2.45) is 0 Å². The third-order valence-electron chi connectivity index (χ3n) is 1.42. The largest absolute Gasteiger partial charge is 0.480 e. The molecule has 0 aromatic heterocycles. The summed E-state index contributed by atoms with van der Waals surface area (Å²) in [4.78, 5) is 11.5. The van der Waals surface area contributed by atoms with Crippen LogP contribution in [0.5, 0.6) is 0 Å². The van der Waals surface area contributed by atoms with Crippen LogP contribution in [0, 0.1) is 0 Å². The SMILES string of the molecule is CC(C)(C)N(CF)CC(=O)O. The standard InChI is InChI=1S/C7H14FNO2/c1-7(2,3)9(5-8)4-6(10)11/h4-5H2,1-3H3,(H,10,11). The normalized spacial score (nSPS) is 12.1. The van der Waals surface area contributed by atoms with Gasteiger partial charge in [-0.25, -0.2) is 4.39 Å². The molecule has 0 spiro atoms. The lowest BCUT2D eigenvalue weighted by Crippen LogP contribution is -2.43. The lowest BCUT2D eigenvalue weighted by atomic mass is 10.1. The molecule has 11 heavy (non-hydrogen) atoms. The maximum absolute atomic E-state index is 12.2. The average molecular weight is 163 g/mol. The maximum atomic E-state index is 12.2. The summed E-state index contributed by atoms with van der Waals surface area (Å²) in [5.41, 5.74) is -0.423. The van der Waals surface area contributed by atoms with E-state index in [0.717, 1.165) is 0 Å². The molecule has 1 N–H and O–H groups in total. The summed E-state index contributed by atoms with van der Waals surface area (Å²) >= 11 is 0. The molecule has 0 saturated carbocycles. The van der Waals surface area contributed by atoms with E-state index >= 15 is 0 Å². The van der Waals surface area contributed by atoms with Crippen molar-refractivity contribution in [1.29, 1.82) is 0 Å². The molecule has 0 aromatic carbocycles. The fourth-order valence-corrected chi connectivity index (χ4v) is 0.622. The lowest BCUT2D eigenvalue weighted by molar-refractivity contribution is -0.140. The molecule has 0 rings (SSSR count). The molecule has 0 unspecified atom stereocenters. The van der Waals surface area contributed by atoms with Gasteiger partial charge in [-0.3, -0.25) is 9.69 Å². The minimum absolute atomic E-state index is 0.250. The maximum Gasteiger partial charge on any atom is 0.317 e. The molecular formula is C7H14FNO2. The Bertz CT molecular complexity index is 142. The van der Waals surface area contributed by atoms with Gasteiger partial charge < -0.3 is 5.11 Å². The van der Waals surface area contributed by atoms with Crippen molar-refractivity contribution >= 4 is 5.97 Å². The van der Waals surface area contributed by atoms with Gasteiger partial charge in [0.2, 0.25) is 0 Å². The molecule has 0 heterocycles.